The third kappa shape index (κ3) is 5.25. The lowest BCUT2D eigenvalue weighted by Gasteiger charge is -2.32. The van der Waals surface area contributed by atoms with Crippen molar-refractivity contribution in [1.29, 1.82) is 5.41 Å². The maximum Gasteiger partial charge on any atom is 0.253 e. The highest BCUT2D eigenvalue weighted by atomic mass is 16.5. The molecule has 1 aromatic carbocycles. The fourth-order valence-corrected chi connectivity index (χ4v) is 4.47. The Balaban J connectivity index is 0.00000336. The lowest BCUT2D eigenvalue weighted by Crippen LogP contribution is -2.47. The van der Waals surface area contributed by atoms with Gasteiger partial charge in [0.15, 0.2) is 0 Å². The first-order valence-electron chi connectivity index (χ1n) is 12.3. The summed E-state index contributed by atoms with van der Waals surface area (Å²) < 4.78 is 13.7. The predicted molar refractivity (Wildman–Crippen MR) is 144 cm³/mol. The molecule has 0 saturated carbocycles. The van der Waals surface area contributed by atoms with Crippen LogP contribution in [0.25, 0.3) is 17.3 Å². The molecule has 2 bridgehead atoms. The molecule has 2 aliphatic rings. The summed E-state index contributed by atoms with van der Waals surface area (Å²) in [7, 11) is 3.91. The number of pyridine rings is 1. The zero-order chi connectivity index (χ0) is 25.9. The van der Waals surface area contributed by atoms with Crippen LogP contribution in [0.15, 0.2) is 42.7 Å². The number of carbonyl (C=O) groups excluding carboxylic acids is 1. The van der Waals surface area contributed by atoms with Gasteiger partial charge in [-0.2, -0.15) is 5.10 Å². The molecule has 0 aliphatic carbocycles. The fourth-order valence-electron chi connectivity index (χ4n) is 4.47. The van der Waals surface area contributed by atoms with Crippen LogP contribution in [0, 0.1) is 5.41 Å². The largest absolute Gasteiger partial charge is 0.491 e. The second kappa shape index (κ2) is 10.5. The van der Waals surface area contributed by atoms with Gasteiger partial charge in [0.1, 0.15) is 12.4 Å². The van der Waals surface area contributed by atoms with Crippen molar-refractivity contribution in [3.63, 3.8) is 0 Å². The molecule has 0 radical (unpaired) electrons. The average Bonchev–Trinajstić information content (AvgIpc) is 3.27. The standard InChI is InChI=1S/C27H31N7O3.H2/c1-32-7-9-34(10-8-32)27(35)19-4-6-26-18(13-19)3-5-22(28)20-14-24(30-16-23(20)29)21-15-31-33(2)25(21)17-36-11-12-37-26;/h3-6,13-16,28H,7-12,17,29H2,1-2H3;1H/b5-3+,28-22?;. The molecule has 5 rings (SSSR count). The molecule has 0 unspecified atom stereocenters. The number of benzene rings is 1. The molecule has 2 aliphatic heterocycles. The molecule has 3 aromatic rings. The topological polar surface area (TPSA) is 123 Å². The quantitative estimate of drug-likeness (QED) is 0.523. The number of nitrogens with two attached hydrogens (primary N) is 1. The number of rotatable bonds is 1. The number of nitrogens with one attached hydrogen (secondary N) is 1. The Hall–Kier alpha value is -4.02. The predicted octanol–water partition coefficient (Wildman–Crippen LogP) is 2.69. The van der Waals surface area contributed by atoms with Gasteiger partial charge in [-0.25, -0.2) is 0 Å². The Morgan fingerprint density at radius 3 is 2.68 bits per heavy atom. The molecule has 10 nitrogen and oxygen atoms in total. The molecule has 0 spiro atoms. The lowest BCUT2D eigenvalue weighted by molar-refractivity contribution is 0.0663. The van der Waals surface area contributed by atoms with Crippen molar-refractivity contribution in [2.24, 2.45) is 7.05 Å². The number of fused-ring (bicyclic) bond motifs is 5. The number of nitrogen functional groups attached to an aromatic ring is 1. The highest BCUT2D eigenvalue weighted by Gasteiger charge is 2.21. The number of anilines is 1. The van der Waals surface area contributed by atoms with Crippen LogP contribution in [0.5, 0.6) is 5.75 Å². The van der Waals surface area contributed by atoms with E-state index in [4.69, 9.17) is 20.6 Å². The first-order chi connectivity index (χ1) is 17.9. The van der Waals surface area contributed by atoms with Crippen LogP contribution in [0.2, 0.25) is 0 Å². The van der Waals surface area contributed by atoms with Crippen molar-refractivity contribution in [3.05, 3.63) is 65.1 Å². The van der Waals surface area contributed by atoms with Gasteiger partial charge in [0.25, 0.3) is 5.91 Å². The smallest absolute Gasteiger partial charge is 0.253 e. The number of piperazine rings is 1. The van der Waals surface area contributed by atoms with Crippen LogP contribution in [0.4, 0.5) is 5.69 Å². The third-order valence-corrected chi connectivity index (χ3v) is 6.76. The molecule has 1 saturated heterocycles. The monoisotopic (exact) mass is 503 g/mol. The highest BCUT2D eigenvalue weighted by Crippen LogP contribution is 2.27. The summed E-state index contributed by atoms with van der Waals surface area (Å²) in [6.07, 6.45) is 6.76. The molecular formula is C27H33N7O3. The maximum absolute atomic E-state index is 13.2. The van der Waals surface area contributed by atoms with Gasteiger partial charge >= 0.3 is 0 Å². The van der Waals surface area contributed by atoms with Crippen molar-refractivity contribution < 1.29 is 15.7 Å². The summed E-state index contributed by atoms with van der Waals surface area (Å²) in [6, 6.07) is 7.22. The first kappa shape index (κ1) is 24.7. The van der Waals surface area contributed by atoms with E-state index in [-0.39, 0.29) is 13.0 Å². The second-order valence-electron chi connectivity index (χ2n) is 9.28. The minimum Gasteiger partial charge on any atom is -0.491 e. The minimum atomic E-state index is -0.00649. The zero-order valence-electron chi connectivity index (χ0n) is 21.1. The summed E-state index contributed by atoms with van der Waals surface area (Å²) in [5, 5.41) is 13.1. The Labute approximate surface area is 217 Å². The lowest BCUT2D eigenvalue weighted by atomic mass is 10.0. The number of likely N-dealkylation sites (N-methyl/N-ethyl adjacent to an activating group) is 1. The van der Waals surface area contributed by atoms with Gasteiger partial charge in [0.2, 0.25) is 0 Å². The summed E-state index contributed by atoms with van der Waals surface area (Å²) >= 11 is 0. The van der Waals surface area contributed by atoms with E-state index in [0.717, 1.165) is 24.3 Å². The summed E-state index contributed by atoms with van der Waals surface area (Å²) in [5.41, 5.74) is 11.0. The van der Waals surface area contributed by atoms with Crippen molar-refractivity contribution in [2.75, 3.05) is 52.2 Å². The van der Waals surface area contributed by atoms with Crippen molar-refractivity contribution in [2.45, 2.75) is 6.61 Å². The molecule has 194 valence electrons. The van der Waals surface area contributed by atoms with E-state index in [1.807, 2.05) is 24.1 Å². The van der Waals surface area contributed by atoms with E-state index in [2.05, 4.69) is 22.0 Å². The van der Waals surface area contributed by atoms with E-state index in [9.17, 15) is 4.79 Å². The normalized spacial score (nSPS) is 17.7. The van der Waals surface area contributed by atoms with Crippen LogP contribution in [0.1, 0.15) is 28.6 Å². The molecule has 0 atom stereocenters. The van der Waals surface area contributed by atoms with E-state index < -0.39 is 0 Å². The summed E-state index contributed by atoms with van der Waals surface area (Å²) in [4.78, 5) is 21.7. The van der Waals surface area contributed by atoms with Crippen LogP contribution in [-0.2, 0) is 18.4 Å². The van der Waals surface area contributed by atoms with Gasteiger partial charge in [-0.3, -0.25) is 14.5 Å². The Bertz CT molecular complexity index is 1360. The van der Waals surface area contributed by atoms with Crippen LogP contribution in [0.3, 0.4) is 0 Å². The Morgan fingerprint density at radius 1 is 1.05 bits per heavy atom. The number of ether oxygens (including phenoxy) is 2. The van der Waals surface area contributed by atoms with E-state index in [0.29, 0.717) is 66.7 Å². The van der Waals surface area contributed by atoms with Crippen LogP contribution in [-0.4, -0.2) is 82.6 Å². The number of allylic oxidation sites excluding steroid dienone is 1. The maximum atomic E-state index is 13.2. The molecule has 4 heterocycles. The minimum absolute atomic E-state index is 0. The van der Waals surface area contributed by atoms with Gasteiger partial charge < -0.3 is 30.4 Å². The first-order valence-corrected chi connectivity index (χ1v) is 12.3. The van der Waals surface area contributed by atoms with Gasteiger partial charge in [-0.15, -0.1) is 0 Å². The van der Waals surface area contributed by atoms with Crippen LogP contribution < -0.4 is 10.5 Å². The van der Waals surface area contributed by atoms with Gasteiger partial charge in [-0.05, 0) is 43.5 Å². The van der Waals surface area contributed by atoms with Crippen molar-refractivity contribution >= 4 is 23.4 Å². The van der Waals surface area contributed by atoms with E-state index in [1.54, 1.807) is 41.4 Å². The SMILES string of the molecule is CN1CCN(C(=O)c2ccc3c(c2)/C=C/C(=N)c2cc(ncc2N)-c2cnn(C)c2COCCO3)CC1.[HH]. The molecule has 10 heteroatoms. The summed E-state index contributed by atoms with van der Waals surface area (Å²) in [6.45, 7) is 4.13. The summed E-state index contributed by atoms with van der Waals surface area (Å²) in [5.74, 6) is 0.607. The van der Waals surface area contributed by atoms with Gasteiger partial charge in [-0.1, -0.05) is 0 Å². The van der Waals surface area contributed by atoms with E-state index >= 15 is 0 Å². The molecule has 1 fully saturated rings. The Kier molecular flexibility index (Phi) is 7.02. The number of hydrogen-bond acceptors (Lipinski definition) is 8. The number of hydrogen-bond donors (Lipinski definition) is 2. The van der Waals surface area contributed by atoms with Crippen molar-refractivity contribution in [3.8, 4) is 17.0 Å². The Morgan fingerprint density at radius 2 is 1.86 bits per heavy atom. The average molecular weight is 504 g/mol. The number of aryl methyl sites for hydroxylation is 1. The number of carbonyl (C=O) groups is 1. The van der Waals surface area contributed by atoms with Crippen molar-refractivity contribution in [1.82, 2.24) is 24.6 Å². The molecule has 37 heavy (non-hydrogen) atoms. The van der Waals surface area contributed by atoms with E-state index in [1.165, 1.54) is 0 Å². The second-order valence-corrected chi connectivity index (χ2v) is 9.28. The van der Waals surface area contributed by atoms with Crippen LogP contribution >= 0.6 is 0 Å². The van der Waals surface area contributed by atoms with Gasteiger partial charge in [0, 0.05) is 56.9 Å². The fraction of sp³-hybridized carbons (Fsp3) is 0.333. The highest BCUT2D eigenvalue weighted by molar-refractivity contribution is 6.12. The zero-order valence-corrected chi connectivity index (χ0v) is 21.1. The van der Waals surface area contributed by atoms with Gasteiger partial charge in [0.05, 0.1) is 48.4 Å². The third-order valence-electron chi connectivity index (χ3n) is 6.76. The molecule has 2 aromatic heterocycles. The molecular weight excluding hydrogens is 470 g/mol. The number of aromatic nitrogens is 3. The molecule has 3 N–H and O–H groups in total. The molecule has 1 amide bonds. The number of amides is 1. The number of nitrogens with zero attached hydrogens (tertiary/aromatic N) is 5.